The fraction of sp³-hybridized carbons (Fsp3) is 0.267. The molecule has 4 N–H and O–H groups in total. The minimum Gasteiger partial charge on any atom is -0.383 e. The van der Waals surface area contributed by atoms with Crippen molar-refractivity contribution < 1.29 is 4.79 Å². The molecule has 5 nitrogen and oxygen atoms in total. The summed E-state index contributed by atoms with van der Waals surface area (Å²) in [6, 6.07) is 9.20. The molecule has 0 unspecified atom stereocenters. The van der Waals surface area contributed by atoms with Gasteiger partial charge in [-0.05, 0) is 12.0 Å². The number of anilines is 2. The number of Topliss-reactive ketones (excluding diaryl/α,β-unsaturated/α-hetero) is 1. The largest absolute Gasteiger partial charge is 0.383 e. The number of thioether (sulfide) groups is 1. The van der Waals surface area contributed by atoms with Crippen molar-refractivity contribution >= 4 is 29.2 Å². The number of aryl methyl sites for hydroxylation is 1. The molecule has 0 radical (unpaired) electrons. The second-order valence-electron chi connectivity index (χ2n) is 4.66. The van der Waals surface area contributed by atoms with Crippen molar-refractivity contribution in [2.75, 3.05) is 17.2 Å². The second kappa shape index (κ2) is 7.08. The Morgan fingerprint density at radius 3 is 2.33 bits per heavy atom. The molecule has 2 aromatic rings. The van der Waals surface area contributed by atoms with Gasteiger partial charge in [0.15, 0.2) is 10.9 Å². The third-order valence-electron chi connectivity index (χ3n) is 2.89. The van der Waals surface area contributed by atoms with Gasteiger partial charge in [-0.25, -0.2) is 9.97 Å². The van der Waals surface area contributed by atoms with Gasteiger partial charge in [-0.1, -0.05) is 49.4 Å². The average molecular weight is 302 g/mol. The van der Waals surface area contributed by atoms with E-state index in [1.807, 2.05) is 24.3 Å². The van der Waals surface area contributed by atoms with Crippen LogP contribution >= 0.6 is 11.8 Å². The van der Waals surface area contributed by atoms with Gasteiger partial charge in [-0.3, -0.25) is 4.79 Å². The number of nitrogens with two attached hydrogens (primary N) is 2. The van der Waals surface area contributed by atoms with Crippen molar-refractivity contribution in [2.24, 2.45) is 0 Å². The Labute approximate surface area is 128 Å². The molecule has 0 bridgehead atoms. The third-order valence-corrected chi connectivity index (χ3v) is 3.74. The Balaban J connectivity index is 1.97. The van der Waals surface area contributed by atoms with E-state index in [0.717, 1.165) is 12.8 Å². The highest BCUT2D eigenvalue weighted by Crippen LogP contribution is 2.18. The van der Waals surface area contributed by atoms with Gasteiger partial charge in [0.05, 0.1) is 5.75 Å². The molecule has 0 aliphatic rings. The maximum atomic E-state index is 12.1. The Morgan fingerprint density at radius 1 is 1.14 bits per heavy atom. The molecule has 0 atom stereocenters. The van der Waals surface area contributed by atoms with E-state index in [1.54, 1.807) is 0 Å². The van der Waals surface area contributed by atoms with Crippen molar-refractivity contribution in [2.45, 2.75) is 24.9 Å². The third kappa shape index (κ3) is 4.46. The van der Waals surface area contributed by atoms with Gasteiger partial charge < -0.3 is 11.5 Å². The summed E-state index contributed by atoms with van der Waals surface area (Å²) in [6.07, 6.45) is 2.12. The first-order valence-corrected chi connectivity index (χ1v) is 7.72. The molecule has 0 amide bonds. The van der Waals surface area contributed by atoms with Crippen LogP contribution in [0.25, 0.3) is 0 Å². The van der Waals surface area contributed by atoms with E-state index < -0.39 is 0 Å². The van der Waals surface area contributed by atoms with E-state index in [9.17, 15) is 4.79 Å². The summed E-state index contributed by atoms with van der Waals surface area (Å²) >= 11 is 1.23. The summed E-state index contributed by atoms with van der Waals surface area (Å²) in [4.78, 5) is 20.2. The fourth-order valence-electron chi connectivity index (χ4n) is 1.89. The first-order valence-electron chi connectivity index (χ1n) is 6.73. The van der Waals surface area contributed by atoms with Crippen molar-refractivity contribution in [1.29, 1.82) is 0 Å². The van der Waals surface area contributed by atoms with Gasteiger partial charge in [0.2, 0.25) is 0 Å². The highest BCUT2D eigenvalue weighted by molar-refractivity contribution is 7.99. The number of hydrogen-bond donors (Lipinski definition) is 2. The van der Waals surface area contributed by atoms with E-state index >= 15 is 0 Å². The number of aromatic nitrogens is 2. The number of carbonyl (C=O) groups is 1. The summed E-state index contributed by atoms with van der Waals surface area (Å²) in [5.41, 5.74) is 13.1. The maximum absolute atomic E-state index is 12.1. The van der Waals surface area contributed by atoms with Gasteiger partial charge in [0.1, 0.15) is 11.6 Å². The monoisotopic (exact) mass is 302 g/mol. The van der Waals surface area contributed by atoms with Gasteiger partial charge in [0, 0.05) is 11.6 Å². The molecule has 0 aliphatic heterocycles. The van der Waals surface area contributed by atoms with Crippen LogP contribution in [0.1, 0.15) is 29.3 Å². The van der Waals surface area contributed by atoms with Gasteiger partial charge in [0.25, 0.3) is 0 Å². The molecular weight excluding hydrogens is 284 g/mol. The quantitative estimate of drug-likeness (QED) is 0.484. The normalized spacial score (nSPS) is 10.5. The van der Waals surface area contributed by atoms with Crippen LogP contribution in [-0.2, 0) is 6.42 Å². The zero-order valence-corrected chi connectivity index (χ0v) is 12.7. The minimum absolute atomic E-state index is 0.0349. The van der Waals surface area contributed by atoms with Crippen LogP contribution < -0.4 is 11.5 Å². The number of nitrogens with zero attached hydrogens (tertiary/aromatic N) is 2. The molecule has 0 aliphatic carbocycles. The summed E-state index contributed by atoms with van der Waals surface area (Å²) in [7, 11) is 0. The standard InChI is InChI=1S/C15H18N4OS/c1-2-3-10-4-6-11(7-5-10)12(20)9-21-15-18-13(16)8-14(17)19-15/h4-8H,2-3,9H2,1H3,(H4,16,17,18,19). The first kappa shape index (κ1) is 15.3. The molecule has 1 heterocycles. The Morgan fingerprint density at radius 2 is 1.76 bits per heavy atom. The van der Waals surface area contributed by atoms with Crippen molar-refractivity contribution in [3.8, 4) is 0 Å². The molecule has 2 rings (SSSR count). The van der Waals surface area contributed by atoms with E-state index in [-0.39, 0.29) is 11.5 Å². The zero-order chi connectivity index (χ0) is 15.2. The summed E-state index contributed by atoms with van der Waals surface area (Å²) in [5, 5.41) is 0.420. The van der Waals surface area contributed by atoms with Crippen LogP contribution in [0.2, 0.25) is 0 Å². The predicted octanol–water partition coefficient (Wildman–Crippen LogP) is 2.57. The van der Waals surface area contributed by atoms with E-state index in [4.69, 9.17) is 11.5 Å². The fourth-order valence-corrected chi connectivity index (χ4v) is 2.65. The summed E-state index contributed by atoms with van der Waals surface area (Å²) < 4.78 is 0. The first-order chi connectivity index (χ1) is 10.1. The number of carbonyl (C=O) groups excluding carboxylic acids is 1. The van der Waals surface area contributed by atoms with Crippen molar-refractivity contribution in [3.63, 3.8) is 0 Å². The Hall–Kier alpha value is -2.08. The zero-order valence-electron chi connectivity index (χ0n) is 11.9. The number of ketones is 1. The molecule has 110 valence electrons. The maximum Gasteiger partial charge on any atom is 0.191 e. The predicted molar refractivity (Wildman–Crippen MR) is 86.3 cm³/mol. The number of nitrogen functional groups attached to an aromatic ring is 2. The van der Waals surface area contributed by atoms with Crippen LogP contribution in [0.5, 0.6) is 0 Å². The Kier molecular flexibility index (Phi) is 5.16. The van der Waals surface area contributed by atoms with Gasteiger partial charge >= 0.3 is 0 Å². The second-order valence-corrected chi connectivity index (χ2v) is 5.60. The van der Waals surface area contributed by atoms with Crippen LogP contribution in [0.15, 0.2) is 35.5 Å². The highest BCUT2D eigenvalue weighted by Gasteiger charge is 2.09. The molecule has 0 fully saturated rings. The molecule has 0 saturated heterocycles. The van der Waals surface area contributed by atoms with Crippen molar-refractivity contribution in [3.05, 3.63) is 41.5 Å². The number of hydrogen-bond acceptors (Lipinski definition) is 6. The lowest BCUT2D eigenvalue weighted by Crippen LogP contribution is -2.05. The molecular formula is C15H18N4OS. The number of rotatable bonds is 6. The Bertz CT molecular complexity index is 608. The molecule has 21 heavy (non-hydrogen) atoms. The van der Waals surface area contributed by atoms with E-state index in [1.165, 1.54) is 23.4 Å². The van der Waals surface area contributed by atoms with E-state index in [2.05, 4.69) is 16.9 Å². The van der Waals surface area contributed by atoms with Crippen LogP contribution in [0.4, 0.5) is 11.6 Å². The SMILES string of the molecule is CCCc1ccc(C(=O)CSc2nc(N)cc(N)n2)cc1. The number of benzene rings is 1. The van der Waals surface area contributed by atoms with Gasteiger partial charge in [-0.15, -0.1) is 0 Å². The highest BCUT2D eigenvalue weighted by atomic mass is 32.2. The lowest BCUT2D eigenvalue weighted by molar-refractivity contribution is 0.102. The van der Waals surface area contributed by atoms with Crippen LogP contribution in [0.3, 0.4) is 0 Å². The van der Waals surface area contributed by atoms with Crippen molar-refractivity contribution in [1.82, 2.24) is 9.97 Å². The lowest BCUT2D eigenvalue weighted by Gasteiger charge is -2.04. The molecule has 0 saturated carbocycles. The van der Waals surface area contributed by atoms with Gasteiger partial charge in [-0.2, -0.15) is 0 Å². The summed E-state index contributed by atoms with van der Waals surface area (Å²) in [5.74, 6) is 0.908. The van der Waals surface area contributed by atoms with Crippen LogP contribution in [-0.4, -0.2) is 21.5 Å². The molecule has 1 aromatic heterocycles. The topological polar surface area (TPSA) is 94.9 Å². The molecule has 1 aromatic carbocycles. The average Bonchev–Trinajstić information content (AvgIpc) is 2.45. The molecule has 6 heteroatoms. The summed E-state index contributed by atoms with van der Waals surface area (Å²) in [6.45, 7) is 2.13. The molecule has 0 spiro atoms. The minimum atomic E-state index is 0.0349. The van der Waals surface area contributed by atoms with E-state index in [0.29, 0.717) is 22.4 Å². The smallest absolute Gasteiger partial charge is 0.191 e. The van der Waals surface area contributed by atoms with Crippen LogP contribution in [0, 0.1) is 0 Å². The lowest BCUT2D eigenvalue weighted by atomic mass is 10.1.